The van der Waals surface area contributed by atoms with Crippen LogP contribution in [0.3, 0.4) is 0 Å². The molecule has 0 aliphatic rings. The first-order chi connectivity index (χ1) is 21.2. The number of nitrogens with one attached hydrogen (secondary N) is 2. The molecule has 46 heavy (non-hydrogen) atoms. The van der Waals surface area contributed by atoms with Gasteiger partial charge in [-0.25, -0.2) is 9.59 Å². The number of carbonyl (C=O) groups excluding carboxylic acids is 3. The number of hydrogen-bond donors (Lipinski definition) is 2. The molecule has 13 nitrogen and oxygen atoms in total. The van der Waals surface area contributed by atoms with Gasteiger partial charge in [-0.05, 0) is 54.0 Å². The van der Waals surface area contributed by atoms with Gasteiger partial charge in [0.05, 0.1) is 33.4 Å². The van der Waals surface area contributed by atoms with E-state index in [4.69, 9.17) is 27.9 Å². The number of esters is 1. The van der Waals surface area contributed by atoms with Crippen LogP contribution in [0.2, 0.25) is 0 Å². The molecule has 0 radical (unpaired) electrons. The van der Waals surface area contributed by atoms with E-state index in [-0.39, 0.29) is 6.54 Å². The van der Waals surface area contributed by atoms with Gasteiger partial charge in [0.1, 0.15) is 39.7 Å². The van der Waals surface area contributed by atoms with Crippen LogP contribution in [-0.2, 0) is 45.7 Å². The average Bonchev–Trinajstić information content (AvgIpc) is 2.93. The summed E-state index contributed by atoms with van der Waals surface area (Å²) < 4.78 is 59.1. The minimum absolute atomic E-state index is 0.184. The van der Waals surface area contributed by atoms with Crippen molar-refractivity contribution in [2.24, 2.45) is 0 Å². The van der Waals surface area contributed by atoms with Gasteiger partial charge in [0, 0.05) is 18.6 Å². The number of amides is 2. The summed E-state index contributed by atoms with van der Waals surface area (Å²) in [7, 11) is -0.0835. The summed E-state index contributed by atoms with van der Waals surface area (Å²) in [6.07, 6.45) is -3.44. The zero-order valence-electron chi connectivity index (χ0n) is 28.1. The number of benzene rings is 2. The smallest absolute Gasteiger partial charge is 0.408 e. The normalized spacial score (nSPS) is 13.9. The Morgan fingerprint density at radius 2 is 1.35 bits per heavy atom. The van der Waals surface area contributed by atoms with E-state index in [0.29, 0.717) is 28.4 Å². The Kier molecular flexibility index (Phi) is 12.9. The molecule has 2 atom stereocenters. The number of ether oxygens (including phenoxy) is 5. The first-order valence-electron chi connectivity index (χ1n) is 14.5. The van der Waals surface area contributed by atoms with Crippen LogP contribution in [0.1, 0.15) is 66.0 Å². The molecule has 2 aromatic carbocycles. The SMILES string of the molecule is COc1cc(OC)c(CNC(=O)[C@@H](C[C@](C)(NC(=O)OC(C)(C)C)C(=O)OC(C)(C)C)OS(=O)(=O)Cc2ccccc2)c(OC)c1. The van der Waals surface area contributed by atoms with Crippen molar-refractivity contribution in [2.75, 3.05) is 21.3 Å². The maximum absolute atomic E-state index is 13.8. The van der Waals surface area contributed by atoms with Crippen molar-refractivity contribution in [3.05, 3.63) is 53.6 Å². The molecule has 0 aliphatic heterocycles. The van der Waals surface area contributed by atoms with Crippen LogP contribution >= 0.6 is 0 Å². The highest BCUT2D eigenvalue weighted by Crippen LogP contribution is 2.34. The Bertz CT molecular complexity index is 1440. The van der Waals surface area contributed by atoms with Crippen LogP contribution in [0.4, 0.5) is 4.79 Å². The van der Waals surface area contributed by atoms with Crippen LogP contribution < -0.4 is 24.8 Å². The largest absolute Gasteiger partial charge is 0.496 e. The summed E-state index contributed by atoms with van der Waals surface area (Å²) in [4.78, 5) is 40.2. The van der Waals surface area contributed by atoms with E-state index >= 15 is 0 Å². The summed E-state index contributed by atoms with van der Waals surface area (Å²) in [5.74, 6) is -1.30. The lowest BCUT2D eigenvalue weighted by atomic mass is 9.93. The molecule has 2 N–H and O–H groups in total. The molecule has 0 spiro atoms. The van der Waals surface area contributed by atoms with Gasteiger partial charge in [0.2, 0.25) is 0 Å². The summed E-state index contributed by atoms with van der Waals surface area (Å²) in [5, 5.41) is 5.12. The second kappa shape index (κ2) is 15.5. The van der Waals surface area contributed by atoms with E-state index in [1.807, 2.05) is 0 Å². The average molecular weight is 667 g/mol. The molecule has 2 rings (SSSR count). The molecule has 2 amide bonds. The monoisotopic (exact) mass is 666 g/mol. The van der Waals surface area contributed by atoms with E-state index in [2.05, 4.69) is 10.6 Å². The third-order valence-electron chi connectivity index (χ3n) is 6.22. The zero-order chi connectivity index (χ0) is 34.9. The van der Waals surface area contributed by atoms with E-state index in [0.717, 1.165) is 0 Å². The molecular weight excluding hydrogens is 620 g/mol. The summed E-state index contributed by atoms with van der Waals surface area (Å²) in [6.45, 7) is 10.9. The fourth-order valence-corrected chi connectivity index (χ4v) is 5.36. The number of carbonyl (C=O) groups is 3. The fourth-order valence-electron chi connectivity index (χ4n) is 4.18. The molecule has 256 valence electrons. The Hall–Kier alpha value is -4.04. The fraction of sp³-hybridized carbons (Fsp3) is 0.531. The quantitative estimate of drug-likeness (QED) is 0.219. The molecule has 0 saturated heterocycles. The van der Waals surface area contributed by atoms with Crippen LogP contribution in [0.25, 0.3) is 0 Å². The van der Waals surface area contributed by atoms with Crippen molar-refractivity contribution in [3.63, 3.8) is 0 Å². The van der Waals surface area contributed by atoms with Gasteiger partial charge < -0.3 is 34.3 Å². The molecule has 0 fully saturated rings. The highest BCUT2D eigenvalue weighted by molar-refractivity contribution is 7.85. The van der Waals surface area contributed by atoms with Gasteiger partial charge in [0.25, 0.3) is 16.0 Å². The van der Waals surface area contributed by atoms with E-state index in [9.17, 15) is 22.8 Å². The third kappa shape index (κ3) is 12.0. The molecule has 14 heteroatoms. The van der Waals surface area contributed by atoms with Crippen molar-refractivity contribution < 1.29 is 50.7 Å². The van der Waals surface area contributed by atoms with E-state index in [1.54, 1.807) is 84.0 Å². The standard InChI is InChI=1S/C32H46N2O11S/c1-30(2,3)43-28(36)32(7,34-29(37)44-31(4,5)6)18-26(45-46(38,39)20-21-14-12-11-13-15-21)27(35)33-19-23-24(41-9)16-22(40-8)17-25(23)42-10/h11-17,26H,18-20H2,1-10H3,(H,33,35)(H,34,37)/t26-,32+/m1/s1. The minimum atomic E-state index is -4.41. The minimum Gasteiger partial charge on any atom is -0.496 e. The second-order valence-electron chi connectivity index (χ2n) is 12.7. The zero-order valence-corrected chi connectivity index (χ0v) is 29.0. The lowest BCUT2D eigenvalue weighted by Crippen LogP contribution is -2.58. The van der Waals surface area contributed by atoms with Gasteiger partial charge in [-0.15, -0.1) is 0 Å². The van der Waals surface area contributed by atoms with Gasteiger partial charge in [-0.1, -0.05) is 30.3 Å². The number of methoxy groups -OCH3 is 3. The Morgan fingerprint density at radius 3 is 1.83 bits per heavy atom. The number of alkyl carbamates (subject to hydrolysis) is 1. The topological polar surface area (TPSA) is 165 Å². The van der Waals surface area contributed by atoms with Crippen molar-refractivity contribution in [3.8, 4) is 17.2 Å². The van der Waals surface area contributed by atoms with Crippen molar-refractivity contribution in [2.45, 2.75) is 90.0 Å². The molecule has 0 bridgehead atoms. The van der Waals surface area contributed by atoms with Gasteiger partial charge in [-0.3, -0.25) is 8.98 Å². The van der Waals surface area contributed by atoms with Gasteiger partial charge in [0.15, 0.2) is 6.10 Å². The maximum atomic E-state index is 13.8. The highest BCUT2D eigenvalue weighted by atomic mass is 32.2. The lowest BCUT2D eigenvalue weighted by Gasteiger charge is -2.34. The Labute approximate surface area is 271 Å². The van der Waals surface area contributed by atoms with Crippen molar-refractivity contribution in [1.82, 2.24) is 10.6 Å². The molecule has 0 unspecified atom stereocenters. The predicted octanol–water partition coefficient (Wildman–Crippen LogP) is 4.26. The second-order valence-corrected chi connectivity index (χ2v) is 14.3. The third-order valence-corrected chi connectivity index (χ3v) is 7.43. The molecule has 0 heterocycles. The first kappa shape index (κ1) is 38.1. The summed E-state index contributed by atoms with van der Waals surface area (Å²) in [5.41, 5.74) is -3.06. The van der Waals surface area contributed by atoms with Gasteiger partial charge >= 0.3 is 12.1 Å². The Balaban J connectivity index is 2.52. The van der Waals surface area contributed by atoms with Gasteiger partial charge in [-0.2, -0.15) is 8.42 Å². The molecule has 0 aromatic heterocycles. The van der Waals surface area contributed by atoms with Crippen molar-refractivity contribution in [1.29, 1.82) is 0 Å². The lowest BCUT2D eigenvalue weighted by molar-refractivity contribution is -0.164. The van der Waals surface area contributed by atoms with E-state index < -0.39 is 63.1 Å². The predicted molar refractivity (Wildman–Crippen MR) is 170 cm³/mol. The highest BCUT2D eigenvalue weighted by Gasteiger charge is 2.45. The summed E-state index contributed by atoms with van der Waals surface area (Å²) >= 11 is 0. The van der Waals surface area contributed by atoms with Crippen LogP contribution in [-0.4, -0.2) is 70.6 Å². The van der Waals surface area contributed by atoms with Crippen molar-refractivity contribution >= 4 is 28.1 Å². The summed E-state index contributed by atoms with van der Waals surface area (Å²) in [6, 6.07) is 11.4. The van der Waals surface area contributed by atoms with Crippen LogP contribution in [0, 0.1) is 0 Å². The van der Waals surface area contributed by atoms with Crippen LogP contribution in [0.15, 0.2) is 42.5 Å². The number of hydrogen-bond acceptors (Lipinski definition) is 11. The Morgan fingerprint density at radius 1 is 0.804 bits per heavy atom. The molecule has 2 aromatic rings. The maximum Gasteiger partial charge on any atom is 0.408 e. The number of rotatable bonds is 14. The first-order valence-corrected chi connectivity index (χ1v) is 16.0. The molecule has 0 aliphatic carbocycles. The molecular formula is C32H46N2O11S. The molecule has 0 saturated carbocycles. The van der Waals surface area contributed by atoms with Crippen LogP contribution in [0.5, 0.6) is 17.2 Å². The van der Waals surface area contributed by atoms with E-state index in [1.165, 1.54) is 28.3 Å².